The largest absolute Gasteiger partial charge is 0.482 e. The Morgan fingerprint density at radius 2 is 2.03 bits per heavy atom. The van der Waals surface area contributed by atoms with E-state index in [-0.39, 0.29) is 34.5 Å². The lowest BCUT2D eigenvalue weighted by Crippen LogP contribution is -2.20. The van der Waals surface area contributed by atoms with Gasteiger partial charge in [0.1, 0.15) is 12.2 Å². The minimum Gasteiger partial charge on any atom is -0.482 e. The van der Waals surface area contributed by atoms with Crippen molar-refractivity contribution in [1.82, 2.24) is 9.66 Å². The zero-order valence-corrected chi connectivity index (χ0v) is 21.3. The fraction of sp³-hybridized carbons (Fsp3) is 0.0385. The van der Waals surface area contributed by atoms with Crippen LogP contribution in [0.3, 0.4) is 0 Å². The number of benzene rings is 3. The molecule has 0 saturated heterocycles. The van der Waals surface area contributed by atoms with Crippen molar-refractivity contribution < 1.29 is 14.1 Å². The third-order valence-corrected chi connectivity index (χ3v) is 6.14. The molecule has 0 saturated carbocycles. The molecule has 0 N–H and O–H groups in total. The van der Waals surface area contributed by atoms with Gasteiger partial charge in [-0.15, -0.1) is 0 Å². The van der Waals surface area contributed by atoms with Gasteiger partial charge in [-0.1, -0.05) is 52.3 Å². The van der Waals surface area contributed by atoms with E-state index in [4.69, 9.17) is 20.8 Å². The zero-order valence-electron chi connectivity index (χ0n) is 18.9. The van der Waals surface area contributed by atoms with Crippen molar-refractivity contribution in [2.75, 3.05) is 6.61 Å². The summed E-state index contributed by atoms with van der Waals surface area (Å²) in [5, 5.41) is 17.1. The van der Waals surface area contributed by atoms with E-state index in [1.807, 2.05) is 12.1 Å². The molecule has 5 aromatic rings. The normalized spacial score (nSPS) is 11.4. The fourth-order valence-electron chi connectivity index (χ4n) is 3.73. The van der Waals surface area contributed by atoms with Gasteiger partial charge in [-0.3, -0.25) is 14.9 Å². The summed E-state index contributed by atoms with van der Waals surface area (Å²) in [5.41, 5.74) is 0.571. The van der Waals surface area contributed by atoms with Crippen molar-refractivity contribution in [2.45, 2.75) is 0 Å². The van der Waals surface area contributed by atoms with E-state index in [2.05, 4.69) is 32.6 Å². The van der Waals surface area contributed by atoms with Gasteiger partial charge in [0, 0.05) is 21.5 Å². The highest BCUT2D eigenvalue weighted by Gasteiger charge is 2.21. The molecule has 11 heteroatoms. The van der Waals surface area contributed by atoms with Crippen LogP contribution in [0, 0.1) is 10.1 Å². The highest BCUT2D eigenvalue weighted by atomic mass is 79.9. The topological polar surface area (TPSA) is 113 Å². The molecule has 0 atom stereocenters. The summed E-state index contributed by atoms with van der Waals surface area (Å²) in [7, 11) is 0. The Bertz CT molecular complexity index is 1790. The van der Waals surface area contributed by atoms with Gasteiger partial charge in [-0.25, -0.2) is 4.98 Å². The predicted octanol–water partition coefficient (Wildman–Crippen LogP) is 6.58. The van der Waals surface area contributed by atoms with Crippen molar-refractivity contribution in [3.05, 3.63) is 109 Å². The van der Waals surface area contributed by atoms with Crippen molar-refractivity contribution in [2.24, 2.45) is 5.10 Å². The second-order valence-electron chi connectivity index (χ2n) is 7.81. The standard InChI is InChI=1S/C26H16BrClN4O5/c1-2-9-36-24-19(28)10-15(11-21(24)32(34)35)14-29-31-25(30-20-6-4-3-5-18(20)26(31)33)23-13-16-12-17(27)7-8-22(16)37-23/h2-8,10-14H,1,9H2. The van der Waals surface area contributed by atoms with Gasteiger partial charge in [0.15, 0.2) is 5.76 Å². The Balaban J connectivity index is 1.67. The van der Waals surface area contributed by atoms with Crippen LogP contribution in [-0.4, -0.2) is 27.4 Å². The van der Waals surface area contributed by atoms with Crippen LogP contribution in [0.4, 0.5) is 5.69 Å². The molecule has 2 heterocycles. The summed E-state index contributed by atoms with van der Waals surface area (Å²) < 4.78 is 13.3. The maximum absolute atomic E-state index is 13.4. The highest BCUT2D eigenvalue weighted by molar-refractivity contribution is 9.10. The van der Waals surface area contributed by atoms with Gasteiger partial charge in [0.2, 0.25) is 11.6 Å². The van der Waals surface area contributed by atoms with Gasteiger partial charge in [-0.05, 0) is 42.5 Å². The number of furan rings is 1. The molecular formula is C26H16BrClN4O5. The molecular weight excluding hydrogens is 564 g/mol. The Morgan fingerprint density at radius 1 is 1.22 bits per heavy atom. The molecule has 0 aliphatic heterocycles. The number of halogens is 2. The summed E-state index contributed by atoms with van der Waals surface area (Å²) in [6.45, 7) is 3.58. The fourth-order valence-corrected chi connectivity index (χ4v) is 4.39. The SMILES string of the molecule is C=CCOc1c(Cl)cc(C=Nn2c(-c3cc4cc(Br)ccc4o3)nc3ccccc3c2=O)cc1[N+](=O)[O-]. The zero-order chi connectivity index (χ0) is 26.1. The number of nitro benzene ring substituents is 1. The molecule has 0 aliphatic carbocycles. The lowest BCUT2D eigenvalue weighted by Gasteiger charge is -2.09. The molecule has 0 bridgehead atoms. The lowest BCUT2D eigenvalue weighted by atomic mass is 10.2. The average Bonchev–Trinajstić information content (AvgIpc) is 3.30. The number of nitro groups is 1. The quantitative estimate of drug-likeness (QED) is 0.0931. The molecule has 5 rings (SSSR count). The van der Waals surface area contributed by atoms with Crippen LogP contribution in [0.15, 0.2) is 92.1 Å². The molecule has 9 nitrogen and oxygen atoms in total. The molecule has 0 amide bonds. The minimum atomic E-state index is -0.608. The van der Waals surface area contributed by atoms with E-state index >= 15 is 0 Å². The molecule has 37 heavy (non-hydrogen) atoms. The van der Waals surface area contributed by atoms with Gasteiger partial charge >= 0.3 is 5.69 Å². The predicted molar refractivity (Wildman–Crippen MR) is 146 cm³/mol. The molecule has 184 valence electrons. The van der Waals surface area contributed by atoms with E-state index < -0.39 is 10.5 Å². The van der Waals surface area contributed by atoms with Crippen LogP contribution in [0.2, 0.25) is 5.02 Å². The first-order chi connectivity index (χ1) is 17.9. The second-order valence-corrected chi connectivity index (χ2v) is 9.14. The molecule has 0 aliphatic rings. The van der Waals surface area contributed by atoms with E-state index in [0.717, 1.165) is 14.5 Å². The Kier molecular flexibility index (Phi) is 6.60. The Morgan fingerprint density at radius 3 is 2.81 bits per heavy atom. The van der Waals surface area contributed by atoms with Crippen molar-refractivity contribution in [3.8, 4) is 17.3 Å². The maximum Gasteiger partial charge on any atom is 0.313 e. The number of hydrogen-bond donors (Lipinski definition) is 0. The van der Waals surface area contributed by atoms with Gasteiger partial charge in [-0.2, -0.15) is 9.78 Å². The second kappa shape index (κ2) is 10.00. The Hall–Kier alpha value is -4.28. The number of nitrogens with zero attached hydrogens (tertiary/aromatic N) is 4. The maximum atomic E-state index is 13.4. The summed E-state index contributed by atoms with van der Waals surface area (Å²) >= 11 is 9.70. The number of hydrogen-bond acceptors (Lipinski definition) is 7. The van der Waals surface area contributed by atoms with Crippen LogP contribution in [-0.2, 0) is 0 Å². The van der Waals surface area contributed by atoms with Crippen molar-refractivity contribution in [3.63, 3.8) is 0 Å². The number of para-hydroxylation sites is 1. The summed E-state index contributed by atoms with van der Waals surface area (Å²) in [6, 6.07) is 16.9. The lowest BCUT2D eigenvalue weighted by molar-refractivity contribution is -0.385. The van der Waals surface area contributed by atoms with Gasteiger partial charge < -0.3 is 9.15 Å². The monoisotopic (exact) mass is 578 g/mol. The van der Waals surface area contributed by atoms with Gasteiger partial charge in [0.05, 0.1) is 27.1 Å². The third-order valence-electron chi connectivity index (χ3n) is 5.36. The van der Waals surface area contributed by atoms with Crippen LogP contribution in [0.25, 0.3) is 33.5 Å². The summed E-state index contributed by atoms with van der Waals surface area (Å²) in [4.78, 5) is 29.1. The van der Waals surface area contributed by atoms with Crippen LogP contribution in [0.1, 0.15) is 5.56 Å². The number of ether oxygens (including phenoxy) is 1. The van der Waals surface area contributed by atoms with E-state index in [9.17, 15) is 14.9 Å². The van der Waals surface area contributed by atoms with Crippen molar-refractivity contribution >= 4 is 61.3 Å². The van der Waals surface area contributed by atoms with Crippen LogP contribution >= 0.6 is 27.5 Å². The molecule has 0 radical (unpaired) electrons. The number of fused-ring (bicyclic) bond motifs is 2. The average molecular weight is 580 g/mol. The third kappa shape index (κ3) is 4.76. The van der Waals surface area contributed by atoms with Crippen LogP contribution < -0.4 is 10.3 Å². The Labute approximate surface area is 222 Å². The first-order valence-corrected chi connectivity index (χ1v) is 12.0. The minimum absolute atomic E-state index is 0.0181. The first kappa shape index (κ1) is 24.4. The molecule has 0 spiro atoms. The molecule has 2 aromatic heterocycles. The van der Waals surface area contributed by atoms with Gasteiger partial charge in [0.25, 0.3) is 5.56 Å². The van der Waals surface area contributed by atoms with E-state index in [1.54, 1.807) is 36.4 Å². The smallest absolute Gasteiger partial charge is 0.313 e. The molecule has 3 aromatic carbocycles. The van der Waals surface area contributed by atoms with Crippen LogP contribution in [0.5, 0.6) is 5.75 Å². The number of aromatic nitrogens is 2. The molecule has 0 fully saturated rings. The van der Waals surface area contributed by atoms with Crippen molar-refractivity contribution in [1.29, 1.82) is 0 Å². The summed E-state index contributed by atoms with van der Waals surface area (Å²) in [6.07, 6.45) is 2.74. The number of rotatable bonds is 7. The van der Waals surface area contributed by atoms with E-state index in [0.29, 0.717) is 22.2 Å². The highest BCUT2D eigenvalue weighted by Crippen LogP contribution is 2.36. The van der Waals surface area contributed by atoms with E-state index in [1.165, 1.54) is 24.4 Å². The summed E-state index contributed by atoms with van der Waals surface area (Å²) in [5.74, 6) is 0.409. The molecule has 0 unspecified atom stereocenters. The first-order valence-electron chi connectivity index (χ1n) is 10.8.